The number of aromatic nitrogens is 5. The molecular formula is C26H28FN7O. The molecule has 2 fully saturated rings. The van der Waals surface area contributed by atoms with Gasteiger partial charge in [-0.2, -0.15) is 9.97 Å². The summed E-state index contributed by atoms with van der Waals surface area (Å²) in [6.45, 7) is 5.09. The molecule has 0 spiro atoms. The number of imidazole rings is 1. The van der Waals surface area contributed by atoms with Crippen LogP contribution in [0.2, 0.25) is 0 Å². The average molecular weight is 474 g/mol. The van der Waals surface area contributed by atoms with E-state index >= 15 is 4.39 Å². The van der Waals surface area contributed by atoms with Crippen LogP contribution in [0.15, 0.2) is 42.7 Å². The number of piperazine rings is 1. The molecule has 2 aliphatic heterocycles. The summed E-state index contributed by atoms with van der Waals surface area (Å²) in [6.07, 6.45) is 4.68. The maximum atomic E-state index is 15.4. The molecule has 180 valence electrons. The van der Waals surface area contributed by atoms with Gasteiger partial charge in [-0.1, -0.05) is 12.1 Å². The van der Waals surface area contributed by atoms with Crippen LogP contribution in [0.1, 0.15) is 23.2 Å². The number of rotatable bonds is 6. The molecule has 0 N–H and O–H groups in total. The number of hydrogen-bond acceptors (Lipinski definition) is 7. The minimum absolute atomic E-state index is 0.222. The van der Waals surface area contributed by atoms with Crippen molar-refractivity contribution in [3.8, 4) is 17.4 Å². The molecule has 0 aliphatic carbocycles. The highest BCUT2D eigenvalue weighted by Gasteiger charge is 2.41. The van der Waals surface area contributed by atoms with Crippen LogP contribution < -0.4 is 4.74 Å². The Balaban J connectivity index is 1.34. The van der Waals surface area contributed by atoms with E-state index in [9.17, 15) is 0 Å². The summed E-state index contributed by atoms with van der Waals surface area (Å²) in [5.41, 5.74) is 4.39. The number of ether oxygens (including phenoxy) is 1. The van der Waals surface area contributed by atoms with Crippen molar-refractivity contribution in [2.75, 3.05) is 27.2 Å². The van der Waals surface area contributed by atoms with E-state index < -0.39 is 0 Å². The second kappa shape index (κ2) is 8.66. The topological polar surface area (TPSA) is 72.2 Å². The number of methoxy groups -OCH3 is 1. The van der Waals surface area contributed by atoms with Gasteiger partial charge < -0.3 is 14.2 Å². The number of hydrogen-bond donors (Lipinski definition) is 0. The summed E-state index contributed by atoms with van der Waals surface area (Å²) in [7, 11) is 3.73. The van der Waals surface area contributed by atoms with E-state index in [1.807, 2.05) is 35.8 Å². The second-order valence-electron chi connectivity index (χ2n) is 9.57. The molecule has 3 aromatic heterocycles. The maximum absolute atomic E-state index is 15.4. The predicted octanol–water partition coefficient (Wildman–Crippen LogP) is 3.28. The van der Waals surface area contributed by atoms with Crippen molar-refractivity contribution < 1.29 is 9.13 Å². The van der Waals surface area contributed by atoms with E-state index in [-0.39, 0.29) is 18.4 Å². The summed E-state index contributed by atoms with van der Waals surface area (Å²) in [4.78, 5) is 22.9. The fourth-order valence-electron chi connectivity index (χ4n) is 5.43. The zero-order valence-electron chi connectivity index (χ0n) is 20.1. The molecule has 5 heterocycles. The van der Waals surface area contributed by atoms with Crippen molar-refractivity contribution in [3.05, 3.63) is 65.4 Å². The van der Waals surface area contributed by atoms with Crippen LogP contribution in [-0.4, -0.2) is 73.6 Å². The van der Waals surface area contributed by atoms with Crippen molar-refractivity contribution in [3.63, 3.8) is 0 Å². The van der Waals surface area contributed by atoms with Gasteiger partial charge in [-0.25, -0.2) is 9.37 Å². The van der Waals surface area contributed by atoms with Crippen molar-refractivity contribution in [1.29, 1.82) is 0 Å². The fraction of sp³-hybridized carbons (Fsp3) is 0.385. The van der Waals surface area contributed by atoms with Gasteiger partial charge in [0, 0.05) is 55.2 Å². The van der Waals surface area contributed by atoms with Crippen LogP contribution in [0.5, 0.6) is 6.01 Å². The summed E-state index contributed by atoms with van der Waals surface area (Å²) in [5.74, 6) is 0.445. The third-order valence-electron chi connectivity index (χ3n) is 7.31. The van der Waals surface area contributed by atoms with Crippen LogP contribution >= 0.6 is 0 Å². The van der Waals surface area contributed by atoms with Crippen molar-refractivity contribution in [2.24, 2.45) is 0 Å². The number of halogens is 1. The number of pyridine rings is 1. The lowest BCUT2D eigenvalue weighted by Crippen LogP contribution is -2.43. The average Bonchev–Trinajstić information content (AvgIpc) is 3.54. The summed E-state index contributed by atoms with van der Waals surface area (Å²) < 4.78 is 22.6. The van der Waals surface area contributed by atoms with Crippen LogP contribution in [-0.2, 0) is 13.1 Å². The number of benzene rings is 1. The monoisotopic (exact) mass is 473 g/mol. The minimum Gasteiger partial charge on any atom is -0.467 e. The normalized spacial score (nSPS) is 20.2. The molecule has 8 nitrogen and oxygen atoms in total. The Hall–Kier alpha value is -3.43. The van der Waals surface area contributed by atoms with Crippen molar-refractivity contribution in [2.45, 2.75) is 38.5 Å². The second-order valence-corrected chi connectivity index (χ2v) is 9.57. The first-order valence-electron chi connectivity index (χ1n) is 11.9. The number of fused-ring (bicyclic) bond motifs is 3. The lowest BCUT2D eigenvalue weighted by atomic mass is 10.1. The molecule has 0 radical (unpaired) electrons. The molecule has 2 bridgehead atoms. The zero-order valence-corrected chi connectivity index (χ0v) is 20.1. The van der Waals surface area contributed by atoms with E-state index in [2.05, 4.69) is 31.8 Å². The van der Waals surface area contributed by atoms with Gasteiger partial charge in [0.25, 0.3) is 0 Å². The van der Waals surface area contributed by atoms with Gasteiger partial charge in [0.05, 0.1) is 19.3 Å². The molecule has 6 rings (SSSR count). The van der Waals surface area contributed by atoms with Gasteiger partial charge in [0.1, 0.15) is 17.2 Å². The first-order chi connectivity index (χ1) is 17.0. The van der Waals surface area contributed by atoms with E-state index in [0.29, 0.717) is 40.3 Å². The predicted molar refractivity (Wildman–Crippen MR) is 131 cm³/mol. The molecule has 9 heteroatoms. The van der Waals surface area contributed by atoms with E-state index in [1.54, 1.807) is 18.5 Å². The van der Waals surface area contributed by atoms with Gasteiger partial charge in [0.15, 0.2) is 5.65 Å². The molecule has 2 atom stereocenters. The van der Waals surface area contributed by atoms with Crippen molar-refractivity contribution in [1.82, 2.24) is 34.3 Å². The third kappa shape index (κ3) is 3.94. The number of likely N-dealkylation sites (tertiary alicyclic amines) is 2. The van der Waals surface area contributed by atoms with Gasteiger partial charge in [-0.3, -0.25) is 9.88 Å². The molecule has 0 unspecified atom stereocenters. The highest BCUT2D eigenvalue weighted by atomic mass is 19.1. The summed E-state index contributed by atoms with van der Waals surface area (Å²) in [6, 6.07) is 10.9. The summed E-state index contributed by atoms with van der Waals surface area (Å²) >= 11 is 0. The first kappa shape index (κ1) is 22.1. The molecule has 0 amide bonds. The highest BCUT2D eigenvalue weighted by Crippen LogP contribution is 2.31. The Bertz CT molecular complexity index is 1390. The number of likely N-dealkylation sites (N-methyl/N-ethyl adjacent to an activating group) is 1. The van der Waals surface area contributed by atoms with Crippen LogP contribution in [0.4, 0.5) is 4.39 Å². The Morgan fingerprint density at radius 2 is 1.97 bits per heavy atom. The van der Waals surface area contributed by atoms with E-state index in [4.69, 9.17) is 9.72 Å². The van der Waals surface area contributed by atoms with Gasteiger partial charge >= 0.3 is 6.01 Å². The van der Waals surface area contributed by atoms with Crippen LogP contribution in [0.25, 0.3) is 22.6 Å². The Labute approximate surface area is 203 Å². The minimum atomic E-state index is -0.222. The quantitative estimate of drug-likeness (QED) is 0.426. The molecule has 4 aromatic rings. The molecule has 2 saturated heterocycles. The standard InChI is InChI=1S/C26H28FN7O/c1-16-23-25(31-26(29-16)35-3)34(24(30-23)18-5-4-8-28-11-18)13-19-7-6-17(9-22(19)27)12-33-15-20-10-21(33)14-32(20)2/h4-9,11,20-21H,10,12-15H2,1-3H3/t20-,21-/m0/s1. The molecule has 2 aliphatic rings. The SMILES string of the molecule is COc1nc(C)c2nc(-c3cccnc3)n(Cc3ccc(CN4C[C@@H]5C[C@H]4CN5C)cc3F)c2n1. The van der Waals surface area contributed by atoms with Crippen LogP contribution in [0, 0.1) is 12.7 Å². The maximum Gasteiger partial charge on any atom is 0.318 e. The third-order valence-corrected chi connectivity index (χ3v) is 7.31. The largest absolute Gasteiger partial charge is 0.467 e. The van der Waals surface area contributed by atoms with Gasteiger partial charge in [0.2, 0.25) is 0 Å². The van der Waals surface area contributed by atoms with Crippen molar-refractivity contribution >= 4 is 11.2 Å². The fourth-order valence-corrected chi connectivity index (χ4v) is 5.43. The Morgan fingerprint density at radius 3 is 2.66 bits per heavy atom. The Kier molecular flexibility index (Phi) is 5.46. The van der Waals surface area contributed by atoms with Gasteiger partial charge in [-0.05, 0) is 44.2 Å². The molecule has 0 saturated carbocycles. The first-order valence-corrected chi connectivity index (χ1v) is 11.9. The highest BCUT2D eigenvalue weighted by molar-refractivity contribution is 5.79. The van der Waals surface area contributed by atoms with Gasteiger partial charge in [-0.15, -0.1) is 0 Å². The Morgan fingerprint density at radius 1 is 1.09 bits per heavy atom. The lowest BCUT2D eigenvalue weighted by molar-refractivity contribution is 0.143. The van der Waals surface area contributed by atoms with Crippen LogP contribution in [0.3, 0.4) is 0 Å². The number of aryl methyl sites for hydroxylation is 1. The summed E-state index contributed by atoms with van der Waals surface area (Å²) in [5, 5.41) is 0. The lowest BCUT2D eigenvalue weighted by Gasteiger charge is -2.31. The molecule has 35 heavy (non-hydrogen) atoms. The van der Waals surface area contributed by atoms with E-state index in [1.165, 1.54) is 13.5 Å². The smallest absolute Gasteiger partial charge is 0.318 e. The van der Waals surface area contributed by atoms with E-state index in [0.717, 1.165) is 30.8 Å². The molecule has 1 aromatic carbocycles. The number of nitrogens with zero attached hydrogens (tertiary/aromatic N) is 7. The molecular weight excluding hydrogens is 445 g/mol. The zero-order chi connectivity index (χ0) is 24.1.